The van der Waals surface area contributed by atoms with E-state index in [0.29, 0.717) is 11.1 Å². The summed E-state index contributed by atoms with van der Waals surface area (Å²) in [6, 6.07) is 8.82. The Hall–Kier alpha value is -1.34. The minimum Gasteiger partial charge on any atom is -0.346 e. The fourth-order valence-electron chi connectivity index (χ4n) is 2.53. The number of nitriles is 1. The second-order valence-electron chi connectivity index (χ2n) is 5.12. The van der Waals surface area contributed by atoms with Crippen LogP contribution in [0.4, 0.5) is 0 Å². The van der Waals surface area contributed by atoms with E-state index in [1.807, 2.05) is 0 Å². The molecule has 19 heavy (non-hydrogen) atoms. The summed E-state index contributed by atoms with van der Waals surface area (Å²) in [5.74, 6) is -0.0501. The summed E-state index contributed by atoms with van der Waals surface area (Å²) in [6.07, 6.45) is 5.64. The van der Waals surface area contributed by atoms with Gasteiger partial charge in [-0.2, -0.15) is 5.26 Å². The van der Waals surface area contributed by atoms with Crippen molar-refractivity contribution in [3.8, 4) is 6.07 Å². The summed E-state index contributed by atoms with van der Waals surface area (Å²) in [6.45, 7) is 0. The first kappa shape index (κ1) is 14.1. The molecule has 1 aromatic rings. The van der Waals surface area contributed by atoms with Gasteiger partial charge in [-0.15, -0.1) is 0 Å². The average molecular weight is 321 g/mol. The predicted octanol–water partition coefficient (Wildman–Crippen LogP) is 3.39. The van der Waals surface area contributed by atoms with Crippen molar-refractivity contribution in [1.29, 1.82) is 5.26 Å². The minimum absolute atomic E-state index is 0.0501. The normalized spacial score (nSPS) is 17.5. The molecule has 2 rings (SSSR count). The molecule has 1 N–H and O–H groups in total. The third-order valence-corrected chi connectivity index (χ3v) is 4.79. The van der Waals surface area contributed by atoms with Gasteiger partial charge in [0.25, 0.3) is 5.91 Å². The Balaban J connectivity index is 2.08. The van der Waals surface area contributed by atoms with Crippen molar-refractivity contribution in [3.05, 3.63) is 35.4 Å². The van der Waals surface area contributed by atoms with Crippen molar-refractivity contribution in [1.82, 2.24) is 5.32 Å². The highest BCUT2D eigenvalue weighted by molar-refractivity contribution is 9.09. The molecular weight excluding hydrogens is 304 g/mol. The monoisotopic (exact) mass is 320 g/mol. The standard InChI is InChI=1S/C15H17BrN2O/c16-11-15(8-2-1-3-9-15)18-14(19)13-6-4-12(10-17)5-7-13/h4-7H,1-3,8-9,11H2,(H,18,19). The van der Waals surface area contributed by atoms with Gasteiger partial charge in [-0.25, -0.2) is 0 Å². The van der Waals surface area contributed by atoms with Crippen LogP contribution in [-0.4, -0.2) is 16.8 Å². The van der Waals surface area contributed by atoms with Crippen molar-refractivity contribution < 1.29 is 4.79 Å². The Morgan fingerprint density at radius 3 is 2.42 bits per heavy atom. The lowest BCUT2D eigenvalue weighted by Crippen LogP contribution is -2.51. The molecule has 0 unspecified atom stereocenters. The molecule has 3 nitrogen and oxygen atoms in total. The van der Waals surface area contributed by atoms with Gasteiger partial charge in [0.15, 0.2) is 0 Å². The highest BCUT2D eigenvalue weighted by Crippen LogP contribution is 2.30. The minimum atomic E-state index is -0.108. The van der Waals surface area contributed by atoms with E-state index in [1.54, 1.807) is 24.3 Å². The third kappa shape index (κ3) is 3.36. The first-order chi connectivity index (χ1) is 9.19. The van der Waals surface area contributed by atoms with E-state index >= 15 is 0 Å². The maximum atomic E-state index is 12.3. The molecule has 1 saturated carbocycles. The Labute approximate surface area is 122 Å². The fraction of sp³-hybridized carbons (Fsp3) is 0.467. The van der Waals surface area contributed by atoms with Crippen LogP contribution >= 0.6 is 15.9 Å². The first-order valence-corrected chi connectivity index (χ1v) is 7.70. The molecule has 0 saturated heterocycles. The van der Waals surface area contributed by atoms with Crippen molar-refractivity contribution in [2.45, 2.75) is 37.6 Å². The Kier molecular flexibility index (Phi) is 4.60. The molecule has 0 aromatic heterocycles. The summed E-state index contributed by atoms with van der Waals surface area (Å²) in [5.41, 5.74) is 1.08. The van der Waals surface area contributed by atoms with Crippen molar-refractivity contribution in [3.63, 3.8) is 0 Å². The van der Waals surface area contributed by atoms with Crippen LogP contribution < -0.4 is 5.32 Å². The average Bonchev–Trinajstić information content (AvgIpc) is 2.48. The first-order valence-electron chi connectivity index (χ1n) is 6.58. The fourth-order valence-corrected chi connectivity index (χ4v) is 3.23. The quantitative estimate of drug-likeness (QED) is 0.868. The zero-order valence-electron chi connectivity index (χ0n) is 10.8. The number of carbonyl (C=O) groups excluding carboxylic acids is 1. The molecule has 1 aliphatic carbocycles. The molecule has 0 heterocycles. The topological polar surface area (TPSA) is 52.9 Å². The number of alkyl halides is 1. The van der Waals surface area contributed by atoms with Gasteiger partial charge in [0.05, 0.1) is 17.2 Å². The highest BCUT2D eigenvalue weighted by Gasteiger charge is 2.32. The molecule has 0 bridgehead atoms. The number of nitrogens with zero attached hydrogens (tertiary/aromatic N) is 1. The summed E-state index contributed by atoms with van der Waals surface area (Å²) in [7, 11) is 0. The molecule has 4 heteroatoms. The van der Waals surface area contributed by atoms with Gasteiger partial charge in [-0.3, -0.25) is 4.79 Å². The third-order valence-electron chi connectivity index (χ3n) is 3.72. The molecule has 1 amide bonds. The number of halogens is 1. The van der Waals surface area contributed by atoms with Gasteiger partial charge in [0.1, 0.15) is 0 Å². The van der Waals surface area contributed by atoms with Crippen LogP contribution in [0.2, 0.25) is 0 Å². The SMILES string of the molecule is N#Cc1ccc(C(=O)NC2(CBr)CCCCC2)cc1. The molecule has 0 spiro atoms. The highest BCUT2D eigenvalue weighted by atomic mass is 79.9. The molecule has 0 radical (unpaired) electrons. The van der Waals surface area contributed by atoms with Crippen LogP contribution in [0.25, 0.3) is 0 Å². The zero-order valence-corrected chi connectivity index (χ0v) is 12.4. The summed E-state index contributed by atoms with van der Waals surface area (Å²) >= 11 is 3.53. The number of benzene rings is 1. The van der Waals surface area contributed by atoms with Gasteiger partial charge in [-0.05, 0) is 37.1 Å². The second-order valence-corrected chi connectivity index (χ2v) is 5.68. The van der Waals surface area contributed by atoms with Crippen LogP contribution in [0.5, 0.6) is 0 Å². The molecule has 1 aliphatic rings. The van der Waals surface area contributed by atoms with Crippen molar-refractivity contribution in [2.75, 3.05) is 5.33 Å². The maximum absolute atomic E-state index is 12.3. The van der Waals surface area contributed by atoms with E-state index in [2.05, 4.69) is 27.3 Å². The van der Waals surface area contributed by atoms with Crippen LogP contribution in [0, 0.1) is 11.3 Å². The van der Waals surface area contributed by atoms with Gasteiger partial charge in [0, 0.05) is 10.9 Å². The van der Waals surface area contributed by atoms with Gasteiger partial charge < -0.3 is 5.32 Å². The van der Waals surface area contributed by atoms with E-state index in [4.69, 9.17) is 5.26 Å². The largest absolute Gasteiger partial charge is 0.346 e. The van der Waals surface area contributed by atoms with Crippen molar-refractivity contribution >= 4 is 21.8 Å². The smallest absolute Gasteiger partial charge is 0.251 e. The summed E-state index contributed by atoms with van der Waals surface area (Å²) in [4.78, 5) is 12.3. The molecule has 1 aromatic carbocycles. The predicted molar refractivity (Wildman–Crippen MR) is 78.2 cm³/mol. The van der Waals surface area contributed by atoms with E-state index in [0.717, 1.165) is 18.2 Å². The van der Waals surface area contributed by atoms with E-state index < -0.39 is 0 Å². The maximum Gasteiger partial charge on any atom is 0.251 e. The lowest BCUT2D eigenvalue weighted by Gasteiger charge is -2.36. The Morgan fingerprint density at radius 2 is 1.89 bits per heavy atom. The number of amides is 1. The lowest BCUT2D eigenvalue weighted by molar-refractivity contribution is 0.0886. The summed E-state index contributed by atoms with van der Waals surface area (Å²) in [5, 5.41) is 12.7. The Morgan fingerprint density at radius 1 is 1.26 bits per heavy atom. The molecule has 1 fully saturated rings. The number of rotatable bonds is 3. The number of carbonyl (C=O) groups is 1. The van der Waals surface area contributed by atoms with E-state index in [9.17, 15) is 4.79 Å². The van der Waals surface area contributed by atoms with E-state index in [-0.39, 0.29) is 11.4 Å². The zero-order chi connectivity index (χ0) is 13.7. The number of hydrogen-bond donors (Lipinski definition) is 1. The van der Waals surface area contributed by atoms with Crippen LogP contribution in [0.15, 0.2) is 24.3 Å². The number of nitrogens with one attached hydrogen (secondary N) is 1. The van der Waals surface area contributed by atoms with Gasteiger partial charge >= 0.3 is 0 Å². The van der Waals surface area contributed by atoms with Crippen LogP contribution in [0.1, 0.15) is 48.0 Å². The summed E-state index contributed by atoms with van der Waals surface area (Å²) < 4.78 is 0. The molecule has 100 valence electrons. The van der Waals surface area contributed by atoms with Gasteiger partial charge in [-0.1, -0.05) is 35.2 Å². The second kappa shape index (κ2) is 6.21. The van der Waals surface area contributed by atoms with E-state index in [1.165, 1.54) is 19.3 Å². The Bertz CT molecular complexity index is 484. The lowest BCUT2D eigenvalue weighted by atomic mass is 9.83. The molecule has 0 aliphatic heterocycles. The van der Waals surface area contributed by atoms with Crippen LogP contribution in [-0.2, 0) is 0 Å². The molecular formula is C15H17BrN2O. The number of hydrogen-bond acceptors (Lipinski definition) is 2. The van der Waals surface area contributed by atoms with Crippen molar-refractivity contribution in [2.24, 2.45) is 0 Å². The van der Waals surface area contributed by atoms with Crippen LogP contribution in [0.3, 0.4) is 0 Å². The molecule has 0 atom stereocenters. The van der Waals surface area contributed by atoms with Gasteiger partial charge in [0.2, 0.25) is 0 Å².